The number of hydrogen-bond acceptors (Lipinski definition) is 3. The molecule has 0 fully saturated rings. The van der Waals surface area contributed by atoms with Gasteiger partial charge in [0.2, 0.25) is 0 Å². The van der Waals surface area contributed by atoms with E-state index >= 15 is 0 Å². The van der Waals surface area contributed by atoms with Gasteiger partial charge in [-0.15, -0.1) is 0 Å². The molecule has 0 radical (unpaired) electrons. The summed E-state index contributed by atoms with van der Waals surface area (Å²) in [5.74, 6) is -1.01. The summed E-state index contributed by atoms with van der Waals surface area (Å²) in [6.45, 7) is 2.59. The molecule has 13 heavy (non-hydrogen) atoms. The van der Waals surface area contributed by atoms with Crippen LogP contribution in [0, 0.1) is 0 Å². The number of allylic oxidation sites excluding steroid dienone is 1. The van der Waals surface area contributed by atoms with Crippen LogP contribution in [0.1, 0.15) is 32.6 Å². The Hall–Kier alpha value is 0.0100. The van der Waals surface area contributed by atoms with Crippen molar-refractivity contribution in [1.29, 1.82) is 0 Å². The van der Waals surface area contributed by atoms with Gasteiger partial charge in [0, 0.05) is 18.9 Å². The van der Waals surface area contributed by atoms with E-state index in [4.69, 9.17) is 0 Å². The number of carboxylic acid groups (broad SMARTS) is 1. The third-order valence-corrected chi connectivity index (χ3v) is 1.43. The zero-order valence-corrected chi connectivity index (χ0v) is 10.5. The first kappa shape index (κ1) is 15.5. The van der Waals surface area contributed by atoms with Crippen molar-refractivity contribution < 1.29 is 39.5 Å². The molecule has 0 unspecified atom stereocenters. The summed E-state index contributed by atoms with van der Waals surface area (Å²) in [5, 5.41) is 12.8. The maximum atomic E-state index is 9.96. The van der Waals surface area contributed by atoms with Crippen molar-refractivity contribution in [2.45, 2.75) is 32.6 Å². The number of unbranched alkanes of at least 4 members (excludes halogenated alkanes) is 2. The van der Waals surface area contributed by atoms with Crippen molar-refractivity contribution in [2.24, 2.45) is 0 Å². The Bertz CT molecular complexity index is 149. The Morgan fingerprint density at radius 2 is 2.23 bits per heavy atom. The molecule has 0 spiro atoms. The SMILES string of the molecule is CCCCC=CNCCC(=O)[O-].[Na+]. The minimum absolute atomic E-state index is 0. The summed E-state index contributed by atoms with van der Waals surface area (Å²) in [7, 11) is 0. The zero-order chi connectivity index (χ0) is 9.23. The molecule has 0 aromatic heterocycles. The van der Waals surface area contributed by atoms with Gasteiger partial charge in [-0.3, -0.25) is 0 Å². The van der Waals surface area contributed by atoms with E-state index in [-0.39, 0.29) is 36.0 Å². The predicted octanol–water partition coefficient (Wildman–Crippen LogP) is -2.58. The average molecular weight is 193 g/mol. The summed E-state index contributed by atoms with van der Waals surface area (Å²) < 4.78 is 0. The van der Waals surface area contributed by atoms with Crippen LogP contribution < -0.4 is 40.0 Å². The van der Waals surface area contributed by atoms with Crippen molar-refractivity contribution in [2.75, 3.05) is 6.54 Å². The molecule has 0 saturated heterocycles. The van der Waals surface area contributed by atoms with Crippen LogP contribution in [-0.4, -0.2) is 12.5 Å². The van der Waals surface area contributed by atoms with Crippen LogP contribution in [0.5, 0.6) is 0 Å². The first-order valence-corrected chi connectivity index (χ1v) is 4.35. The molecule has 0 heterocycles. The van der Waals surface area contributed by atoms with Crippen LogP contribution in [0.4, 0.5) is 0 Å². The summed E-state index contributed by atoms with van der Waals surface area (Å²) in [6.07, 6.45) is 7.30. The number of aliphatic carboxylic acids is 1. The van der Waals surface area contributed by atoms with Gasteiger partial charge >= 0.3 is 29.6 Å². The smallest absolute Gasteiger partial charge is 0.550 e. The van der Waals surface area contributed by atoms with Crippen LogP contribution in [0.15, 0.2) is 12.3 Å². The Labute approximate surface area is 102 Å². The Kier molecular flexibility index (Phi) is 14.3. The molecular weight excluding hydrogens is 177 g/mol. The number of carbonyl (C=O) groups is 1. The van der Waals surface area contributed by atoms with Gasteiger partial charge in [0.05, 0.1) is 0 Å². The minimum Gasteiger partial charge on any atom is -0.550 e. The van der Waals surface area contributed by atoms with E-state index in [1.54, 1.807) is 6.20 Å². The van der Waals surface area contributed by atoms with Crippen LogP contribution in [-0.2, 0) is 4.79 Å². The van der Waals surface area contributed by atoms with Gasteiger partial charge in [-0.05, 0) is 12.6 Å². The van der Waals surface area contributed by atoms with E-state index in [1.165, 1.54) is 12.8 Å². The van der Waals surface area contributed by atoms with Crippen molar-refractivity contribution in [1.82, 2.24) is 5.32 Å². The molecule has 0 atom stereocenters. The van der Waals surface area contributed by atoms with Crippen molar-refractivity contribution >= 4 is 5.97 Å². The summed E-state index contributed by atoms with van der Waals surface area (Å²) in [5.41, 5.74) is 0. The molecule has 1 N–H and O–H groups in total. The molecule has 4 heteroatoms. The van der Waals surface area contributed by atoms with Gasteiger partial charge in [-0.1, -0.05) is 25.8 Å². The number of carbonyl (C=O) groups excluding carboxylic acids is 1. The maximum absolute atomic E-state index is 9.96. The predicted molar refractivity (Wildman–Crippen MR) is 46.3 cm³/mol. The number of hydrogen-bond donors (Lipinski definition) is 1. The second kappa shape index (κ2) is 12.0. The third-order valence-electron chi connectivity index (χ3n) is 1.43. The quantitative estimate of drug-likeness (QED) is 0.357. The largest absolute Gasteiger partial charge is 1.00 e. The van der Waals surface area contributed by atoms with Crippen molar-refractivity contribution in [3.8, 4) is 0 Å². The molecule has 0 aliphatic rings. The van der Waals surface area contributed by atoms with E-state index < -0.39 is 5.97 Å². The molecule has 0 bridgehead atoms. The topological polar surface area (TPSA) is 52.2 Å². The van der Waals surface area contributed by atoms with Crippen LogP contribution in [0.3, 0.4) is 0 Å². The first-order chi connectivity index (χ1) is 5.77. The molecule has 0 rings (SSSR count). The van der Waals surface area contributed by atoms with Gasteiger partial charge < -0.3 is 15.2 Å². The number of nitrogens with one attached hydrogen (secondary N) is 1. The normalized spacial score (nSPS) is 9.62. The zero-order valence-electron chi connectivity index (χ0n) is 8.51. The fourth-order valence-corrected chi connectivity index (χ4v) is 0.746. The molecular formula is C9H16NNaO2. The van der Waals surface area contributed by atoms with Crippen LogP contribution in [0.2, 0.25) is 0 Å². The van der Waals surface area contributed by atoms with Gasteiger partial charge in [-0.2, -0.15) is 0 Å². The Morgan fingerprint density at radius 3 is 2.77 bits per heavy atom. The first-order valence-electron chi connectivity index (χ1n) is 4.35. The fourth-order valence-electron chi connectivity index (χ4n) is 0.746. The molecule has 70 valence electrons. The van der Waals surface area contributed by atoms with E-state index in [1.807, 2.05) is 6.08 Å². The summed E-state index contributed by atoms with van der Waals surface area (Å²) in [4.78, 5) is 9.96. The van der Waals surface area contributed by atoms with Crippen LogP contribution in [0.25, 0.3) is 0 Å². The molecule has 0 saturated carbocycles. The second-order valence-electron chi connectivity index (χ2n) is 2.62. The molecule has 0 amide bonds. The van der Waals surface area contributed by atoms with E-state index in [0.717, 1.165) is 6.42 Å². The summed E-state index contributed by atoms with van der Waals surface area (Å²) in [6, 6.07) is 0. The van der Waals surface area contributed by atoms with Gasteiger partial charge in [0.25, 0.3) is 0 Å². The molecule has 0 aromatic rings. The molecule has 3 nitrogen and oxygen atoms in total. The Balaban J connectivity index is 0. The minimum atomic E-state index is -1.01. The molecule has 0 aromatic carbocycles. The van der Waals surface area contributed by atoms with Crippen molar-refractivity contribution in [3.63, 3.8) is 0 Å². The van der Waals surface area contributed by atoms with E-state index in [0.29, 0.717) is 6.54 Å². The van der Waals surface area contributed by atoms with Gasteiger partial charge in [0.15, 0.2) is 0 Å². The molecule has 0 aliphatic heterocycles. The standard InChI is InChI=1S/C9H17NO2.Na/c1-2-3-4-5-7-10-8-6-9(11)12;/h5,7,10H,2-4,6,8H2,1H3,(H,11,12);/q;+1/p-1. The number of carboxylic acids is 1. The maximum Gasteiger partial charge on any atom is 1.00 e. The average Bonchev–Trinajstić information content (AvgIpc) is 2.02. The monoisotopic (exact) mass is 193 g/mol. The Morgan fingerprint density at radius 1 is 1.54 bits per heavy atom. The van der Waals surface area contributed by atoms with Crippen molar-refractivity contribution in [3.05, 3.63) is 12.3 Å². The third kappa shape index (κ3) is 14.8. The second-order valence-corrected chi connectivity index (χ2v) is 2.62. The molecule has 0 aliphatic carbocycles. The van der Waals surface area contributed by atoms with Gasteiger partial charge in [0.1, 0.15) is 0 Å². The van der Waals surface area contributed by atoms with E-state index in [2.05, 4.69) is 12.2 Å². The fraction of sp³-hybridized carbons (Fsp3) is 0.667. The van der Waals surface area contributed by atoms with E-state index in [9.17, 15) is 9.90 Å². The number of rotatable bonds is 7. The summed E-state index contributed by atoms with van der Waals surface area (Å²) >= 11 is 0. The van der Waals surface area contributed by atoms with Gasteiger partial charge in [-0.25, -0.2) is 0 Å². The van der Waals surface area contributed by atoms with Crippen LogP contribution >= 0.6 is 0 Å².